The van der Waals surface area contributed by atoms with Gasteiger partial charge in [0.25, 0.3) is 0 Å². The zero-order chi connectivity index (χ0) is 7.40. The third-order valence-electron chi connectivity index (χ3n) is 1.06. The summed E-state index contributed by atoms with van der Waals surface area (Å²) in [4.78, 5) is 3.98. The summed E-state index contributed by atoms with van der Waals surface area (Å²) < 4.78 is 0.850. The molecule has 0 atom stereocenters. The van der Waals surface area contributed by atoms with E-state index >= 15 is 0 Å². The van der Waals surface area contributed by atoms with Crippen LogP contribution in [0.15, 0.2) is 29.0 Å². The largest absolute Gasteiger partial charge is 0.249 e. The van der Waals surface area contributed by atoms with E-state index in [1.165, 1.54) is 0 Å². The first kappa shape index (κ1) is 7.48. The molecule has 10 heavy (non-hydrogen) atoms. The molecular formula is C8H7BrN. The average molecular weight is 197 g/mol. The molecule has 2 heteroatoms. The Kier molecular flexibility index (Phi) is 2.63. The molecule has 0 spiro atoms. The summed E-state index contributed by atoms with van der Waals surface area (Å²) in [6, 6.07) is 3.86. The minimum absolute atomic E-state index is 0.850. The van der Waals surface area contributed by atoms with E-state index in [2.05, 4.69) is 27.8 Å². The number of hydrogen-bond acceptors (Lipinski definition) is 1. The lowest BCUT2D eigenvalue weighted by Gasteiger charge is -1.91. The first-order chi connectivity index (χ1) is 4.83. The summed E-state index contributed by atoms with van der Waals surface area (Å²) in [7, 11) is 0. The SMILES string of the molecule is [CH2]/C=C/c1ccnc(Br)c1. The van der Waals surface area contributed by atoms with E-state index in [1.807, 2.05) is 18.2 Å². The van der Waals surface area contributed by atoms with Crippen molar-refractivity contribution in [2.24, 2.45) is 0 Å². The fraction of sp³-hybridized carbons (Fsp3) is 0. The van der Waals surface area contributed by atoms with Crippen LogP contribution >= 0.6 is 15.9 Å². The molecule has 0 amide bonds. The zero-order valence-electron chi connectivity index (χ0n) is 5.42. The highest BCUT2D eigenvalue weighted by atomic mass is 79.9. The molecule has 0 aromatic carbocycles. The summed E-state index contributed by atoms with van der Waals surface area (Å²) in [5.41, 5.74) is 1.11. The molecule has 1 nitrogen and oxygen atoms in total. The van der Waals surface area contributed by atoms with Gasteiger partial charge in [-0.05, 0) is 40.5 Å². The number of nitrogens with zero attached hydrogens (tertiary/aromatic N) is 1. The van der Waals surface area contributed by atoms with Gasteiger partial charge in [-0.1, -0.05) is 12.2 Å². The van der Waals surface area contributed by atoms with Gasteiger partial charge in [-0.15, -0.1) is 0 Å². The molecule has 1 rings (SSSR count). The second kappa shape index (κ2) is 3.52. The van der Waals surface area contributed by atoms with E-state index < -0.39 is 0 Å². The van der Waals surface area contributed by atoms with Crippen LogP contribution in [0.2, 0.25) is 0 Å². The third kappa shape index (κ3) is 1.95. The predicted molar refractivity (Wildman–Crippen MR) is 46.3 cm³/mol. The van der Waals surface area contributed by atoms with Crippen LogP contribution in [0.5, 0.6) is 0 Å². The van der Waals surface area contributed by atoms with Gasteiger partial charge in [-0.2, -0.15) is 0 Å². The molecular weight excluding hydrogens is 190 g/mol. The van der Waals surface area contributed by atoms with Crippen LogP contribution in [-0.2, 0) is 0 Å². The van der Waals surface area contributed by atoms with Crippen LogP contribution < -0.4 is 0 Å². The zero-order valence-corrected chi connectivity index (χ0v) is 7.01. The number of rotatable bonds is 1. The van der Waals surface area contributed by atoms with Crippen LogP contribution in [0.1, 0.15) is 5.56 Å². The lowest BCUT2D eigenvalue weighted by atomic mass is 10.2. The highest BCUT2D eigenvalue weighted by molar-refractivity contribution is 9.10. The van der Waals surface area contributed by atoms with E-state index in [1.54, 1.807) is 12.3 Å². The fourth-order valence-electron chi connectivity index (χ4n) is 0.657. The van der Waals surface area contributed by atoms with Crippen molar-refractivity contribution in [3.63, 3.8) is 0 Å². The van der Waals surface area contributed by atoms with E-state index in [0.717, 1.165) is 10.2 Å². The number of hydrogen-bond donors (Lipinski definition) is 0. The molecule has 0 aliphatic carbocycles. The van der Waals surface area contributed by atoms with Crippen molar-refractivity contribution in [3.05, 3.63) is 41.5 Å². The van der Waals surface area contributed by atoms with E-state index in [4.69, 9.17) is 0 Å². The lowest BCUT2D eigenvalue weighted by Crippen LogP contribution is -1.75. The van der Waals surface area contributed by atoms with Gasteiger partial charge in [0.05, 0.1) is 0 Å². The molecule has 1 aromatic rings. The Morgan fingerprint density at radius 1 is 1.60 bits per heavy atom. The Morgan fingerprint density at radius 3 is 3.00 bits per heavy atom. The topological polar surface area (TPSA) is 12.9 Å². The Hall–Kier alpha value is -0.630. The summed E-state index contributed by atoms with van der Waals surface area (Å²) in [6.07, 6.45) is 5.42. The van der Waals surface area contributed by atoms with Crippen molar-refractivity contribution in [3.8, 4) is 0 Å². The molecule has 1 radical (unpaired) electrons. The van der Waals surface area contributed by atoms with Crippen molar-refractivity contribution in [1.82, 2.24) is 4.98 Å². The molecule has 51 valence electrons. The van der Waals surface area contributed by atoms with Crippen molar-refractivity contribution in [2.45, 2.75) is 0 Å². The second-order valence-electron chi connectivity index (χ2n) is 1.81. The number of allylic oxidation sites excluding steroid dienone is 1. The minimum Gasteiger partial charge on any atom is -0.249 e. The maximum absolute atomic E-state index is 3.98. The summed E-state index contributed by atoms with van der Waals surface area (Å²) in [5, 5.41) is 0. The quantitative estimate of drug-likeness (QED) is 0.630. The first-order valence-electron chi connectivity index (χ1n) is 2.90. The van der Waals surface area contributed by atoms with Gasteiger partial charge >= 0.3 is 0 Å². The van der Waals surface area contributed by atoms with Crippen LogP contribution in [0.4, 0.5) is 0 Å². The maximum Gasteiger partial charge on any atom is 0.106 e. The molecule has 0 N–H and O–H groups in total. The van der Waals surface area contributed by atoms with Gasteiger partial charge in [0.2, 0.25) is 0 Å². The minimum atomic E-state index is 0.850. The average Bonchev–Trinajstić information content (AvgIpc) is 1.88. The van der Waals surface area contributed by atoms with Crippen LogP contribution in [0, 0.1) is 6.92 Å². The second-order valence-corrected chi connectivity index (χ2v) is 2.63. The molecule has 1 heterocycles. The Bertz CT molecular complexity index is 243. The Balaban J connectivity index is 2.95. The highest BCUT2D eigenvalue weighted by Crippen LogP contribution is 2.08. The van der Waals surface area contributed by atoms with Gasteiger partial charge in [0, 0.05) is 6.20 Å². The van der Waals surface area contributed by atoms with Gasteiger partial charge in [0.1, 0.15) is 4.60 Å². The molecule has 0 saturated carbocycles. The van der Waals surface area contributed by atoms with Crippen molar-refractivity contribution >= 4 is 22.0 Å². The molecule has 0 saturated heterocycles. The highest BCUT2D eigenvalue weighted by Gasteiger charge is 1.87. The van der Waals surface area contributed by atoms with Crippen LogP contribution in [0.3, 0.4) is 0 Å². The summed E-state index contributed by atoms with van der Waals surface area (Å²) in [5.74, 6) is 0. The Labute approximate surface area is 68.9 Å². The van der Waals surface area contributed by atoms with Gasteiger partial charge in [0.15, 0.2) is 0 Å². The van der Waals surface area contributed by atoms with Crippen molar-refractivity contribution < 1.29 is 0 Å². The number of aromatic nitrogens is 1. The number of halogens is 1. The fourth-order valence-corrected chi connectivity index (χ4v) is 1.04. The molecule has 0 bridgehead atoms. The van der Waals surface area contributed by atoms with Gasteiger partial charge in [-0.3, -0.25) is 0 Å². The molecule has 1 aromatic heterocycles. The predicted octanol–water partition coefficient (Wildman–Crippen LogP) is 2.69. The van der Waals surface area contributed by atoms with Gasteiger partial charge < -0.3 is 0 Å². The normalized spacial score (nSPS) is 10.6. The van der Waals surface area contributed by atoms with E-state index in [0.29, 0.717) is 0 Å². The van der Waals surface area contributed by atoms with Crippen molar-refractivity contribution in [2.75, 3.05) is 0 Å². The molecule has 0 aliphatic rings. The van der Waals surface area contributed by atoms with Crippen LogP contribution in [-0.4, -0.2) is 4.98 Å². The van der Waals surface area contributed by atoms with E-state index in [9.17, 15) is 0 Å². The molecule has 0 unspecified atom stereocenters. The number of pyridine rings is 1. The summed E-state index contributed by atoms with van der Waals surface area (Å²) >= 11 is 3.27. The first-order valence-corrected chi connectivity index (χ1v) is 3.69. The third-order valence-corrected chi connectivity index (χ3v) is 1.49. The lowest BCUT2D eigenvalue weighted by molar-refractivity contribution is 1.27. The molecule has 0 aliphatic heterocycles. The van der Waals surface area contributed by atoms with E-state index in [-0.39, 0.29) is 0 Å². The standard InChI is InChI=1S/C8H7BrN/c1-2-3-7-4-5-10-8(9)6-7/h2-6H,1H2/b3-2+. The molecule has 0 fully saturated rings. The van der Waals surface area contributed by atoms with Gasteiger partial charge in [-0.25, -0.2) is 4.98 Å². The maximum atomic E-state index is 3.98. The Morgan fingerprint density at radius 2 is 2.40 bits per heavy atom. The van der Waals surface area contributed by atoms with Crippen LogP contribution in [0.25, 0.3) is 6.08 Å². The monoisotopic (exact) mass is 196 g/mol. The smallest absolute Gasteiger partial charge is 0.106 e. The van der Waals surface area contributed by atoms with Crippen molar-refractivity contribution in [1.29, 1.82) is 0 Å². The summed E-state index contributed by atoms with van der Waals surface area (Å²) in [6.45, 7) is 3.59.